The van der Waals surface area contributed by atoms with E-state index >= 15 is 0 Å². The van der Waals surface area contributed by atoms with E-state index in [-0.39, 0.29) is 0 Å². The van der Waals surface area contributed by atoms with Crippen molar-refractivity contribution in [1.82, 2.24) is 4.98 Å². The maximum atomic E-state index is 5.10. The van der Waals surface area contributed by atoms with Gasteiger partial charge in [0.15, 0.2) is 0 Å². The van der Waals surface area contributed by atoms with Crippen LogP contribution in [-0.2, 0) is 4.84 Å². The monoisotopic (exact) mass is 264 g/mol. The number of nitrogens with zero attached hydrogens (tertiary/aromatic N) is 1. The minimum Gasteiger partial charge on any atom is -0.396 e. The number of hydrogen-bond acceptors (Lipinski definition) is 2. The van der Waals surface area contributed by atoms with Gasteiger partial charge in [-0.3, -0.25) is 0 Å². The smallest absolute Gasteiger partial charge is 0.114 e. The third kappa shape index (κ3) is 2.30. The summed E-state index contributed by atoms with van der Waals surface area (Å²) in [5, 5.41) is 5.17. The highest BCUT2D eigenvalue weighted by Crippen LogP contribution is 2.28. The molecule has 0 bridgehead atoms. The van der Waals surface area contributed by atoms with E-state index in [0.29, 0.717) is 6.61 Å². The summed E-state index contributed by atoms with van der Waals surface area (Å²) in [4.78, 5) is 8.56. The number of oxime groups is 1. The molecular weight excluding hydrogens is 248 g/mol. The molecule has 0 saturated heterocycles. The summed E-state index contributed by atoms with van der Waals surface area (Å²) in [6.45, 7) is 2.49. The summed E-state index contributed by atoms with van der Waals surface area (Å²) in [5.74, 6) is 0. The van der Waals surface area contributed by atoms with Crippen LogP contribution in [0.1, 0.15) is 12.5 Å². The Morgan fingerprint density at radius 2 is 1.80 bits per heavy atom. The van der Waals surface area contributed by atoms with Gasteiger partial charge in [-0.25, -0.2) is 0 Å². The normalized spacial score (nSPS) is 11.2. The molecule has 3 rings (SSSR count). The molecule has 0 unspecified atom stereocenters. The molecule has 0 aliphatic rings. The highest BCUT2D eigenvalue weighted by Gasteiger charge is 2.10. The number of rotatable bonds is 4. The molecular formula is C17H16N2O. The van der Waals surface area contributed by atoms with Crippen molar-refractivity contribution in [1.29, 1.82) is 0 Å². The van der Waals surface area contributed by atoms with Crippen LogP contribution >= 0.6 is 0 Å². The number of hydrogen-bond donors (Lipinski definition) is 1. The van der Waals surface area contributed by atoms with Gasteiger partial charge in [0.2, 0.25) is 0 Å². The van der Waals surface area contributed by atoms with E-state index in [9.17, 15) is 0 Å². The number of aromatic amines is 1. The minimum absolute atomic E-state index is 0.569. The van der Waals surface area contributed by atoms with Crippen LogP contribution in [0.5, 0.6) is 0 Å². The average Bonchev–Trinajstić information content (AvgIpc) is 2.87. The van der Waals surface area contributed by atoms with Crippen molar-refractivity contribution < 1.29 is 4.84 Å². The molecule has 0 fully saturated rings. The van der Waals surface area contributed by atoms with Gasteiger partial charge < -0.3 is 9.82 Å². The lowest BCUT2D eigenvalue weighted by Gasteiger charge is -2.00. The molecule has 20 heavy (non-hydrogen) atoms. The number of para-hydroxylation sites is 1. The van der Waals surface area contributed by atoms with Gasteiger partial charge in [0, 0.05) is 16.5 Å². The molecule has 0 saturated carbocycles. The van der Waals surface area contributed by atoms with Crippen molar-refractivity contribution in [2.24, 2.45) is 5.16 Å². The van der Waals surface area contributed by atoms with Crippen LogP contribution in [-0.4, -0.2) is 17.8 Å². The number of H-pyrrole nitrogens is 1. The standard InChI is InChI=1S/C17H16N2O/c1-2-20-18-12-15-14-10-6-7-11-16(14)19-17(15)13-8-4-3-5-9-13/h3-12,19H,2H2,1H3/b18-12-. The summed E-state index contributed by atoms with van der Waals surface area (Å²) in [6, 6.07) is 18.5. The maximum Gasteiger partial charge on any atom is 0.114 e. The van der Waals surface area contributed by atoms with Gasteiger partial charge in [-0.2, -0.15) is 0 Å². The molecule has 3 nitrogen and oxygen atoms in total. The Kier molecular flexibility index (Phi) is 3.50. The van der Waals surface area contributed by atoms with Crippen molar-refractivity contribution in [3.05, 3.63) is 60.2 Å². The molecule has 2 aromatic carbocycles. The fourth-order valence-electron chi connectivity index (χ4n) is 2.29. The van der Waals surface area contributed by atoms with Crippen LogP contribution in [0.15, 0.2) is 59.8 Å². The fourth-order valence-corrected chi connectivity index (χ4v) is 2.29. The van der Waals surface area contributed by atoms with E-state index in [1.54, 1.807) is 6.21 Å². The molecule has 1 N–H and O–H groups in total. The fraction of sp³-hybridized carbons (Fsp3) is 0.118. The average molecular weight is 264 g/mol. The van der Waals surface area contributed by atoms with Gasteiger partial charge in [0.25, 0.3) is 0 Å². The van der Waals surface area contributed by atoms with Crippen molar-refractivity contribution in [2.45, 2.75) is 6.92 Å². The Labute approximate surface area is 117 Å². The first-order chi connectivity index (χ1) is 9.90. The van der Waals surface area contributed by atoms with Gasteiger partial charge >= 0.3 is 0 Å². The Bertz CT molecular complexity index is 729. The second kappa shape index (κ2) is 5.61. The summed E-state index contributed by atoms with van der Waals surface area (Å²) >= 11 is 0. The van der Waals surface area contributed by atoms with Gasteiger partial charge in [-0.15, -0.1) is 0 Å². The predicted molar refractivity (Wildman–Crippen MR) is 83.0 cm³/mol. The van der Waals surface area contributed by atoms with Gasteiger partial charge in [-0.05, 0) is 18.6 Å². The third-order valence-electron chi connectivity index (χ3n) is 3.19. The lowest BCUT2D eigenvalue weighted by Crippen LogP contribution is -1.87. The zero-order chi connectivity index (χ0) is 13.8. The van der Waals surface area contributed by atoms with Crippen molar-refractivity contribution in [3.8, 4) is 11.3 Å². The molecule has 0 aliphatic carbocycles. The van der Waals surface area contributed by atoms with Gasteiger partial charge in [0.1, 0.15) is 6.61 Å². The Balaban J connectivity index is 2.17. The van der Waals surface area contributed by atoms with E-state index in [1.807, 2.05) is 37.3 Å². The lowest BCUT2D eigenvalue weighted by molar-refractivity contribution is 0.160. The van der Waals surface area contributed by atoms with Gasteiger partial charge in [-0.1, -0.05) is 53.7 Å². The number of aromatic nitrogens is 1. The van der Waals surface area contributed by atoms with Crippen molar-refractivity contribution >= 4 is 17.1 Å². The van der Waals surface area contributed by atoms with E-state index in [2.05, 4.69) is 34.4 Å². The van der Waals surface area contributed by atoms with Crippen LogP contribution in [0.4, 0.5) is 0 Å². The summed E-state index contributed by atoms with van der Waals surface area (Å²) in [6.07, 6.45) is 1.78. The topological polar surface area (TPSA) is 37.4 Å². The maximum absolute atomic E-state index is 5.10. The zero-order valence-corrected chi connectivity index (χ0v) is 11.3. The van der Waals surface area contributed by atoms with E-state index < -0.39 is 0 Å². The van der Waals surface area contributed by atoms with E-state index in [4.69, 9.17) is 4.84 Å². The van der Waals surface area contributed by atoms with Crippen molar-refractivity contribution in [3.63, 3.8) is 0 Å². The first-order valence-corrected chi connectivity index (χ1v) is 6.71. The molecule has 0 radical (unpaired) electrons. The Hall–Kier alpha value is -2.55. The van der Waals surface area contributed by atoms with Crippen LogP contribution in [0.25, 0.3) is 22.2 Å². The molecule has 100 valence electrons. The predicted octanol–water partition coefficient (Wildman–Crippen LogP) is 4.21. The summed E-state index contributed by atoms with van der Waals surface area (Å²) in [7, 11) is 0. The number of nitrogens with one attached hydrogen (secondary N) is 1. The molecule has 0 aliphatic heterocycles. The summed E-state index contributed by atoms with van der Waals surface area (Å²) < 4.78 is 0. The molecule has 1 aromatic heterocycles. The summed E-state index contributed by atoms with van der Waals surface area (Å²) in [5.41, 5.74) is 4.36. The Morgan fingerprint density at radius 3 is 2.60 bits per heavy atom. The van der Waals surface area contributed by atoms with Crippen LogP contribution in [0.2, 0.25) is 0 Å². The molecule has 3 heteroatoms. The zero-order valence-electron chi connectivity index (χ0n) is 11.3. The first-order valence-electron chi connectivity index (χ1n) is 6.71. The highest BCUT2D eigenvalue weighted by molar-refractivity contribution is 6.05. The highest BCUT2D eigenvalue weighted by atomic mass is 16.6. The SMILES string of the molecule is CCO/N=C\c1c(-c2ccccc2)[nH]c2ccccc12. The third-order valence-corrected chi connectivity index (χ3v) is 3.19. The number of fused-ring (bicyclic) bond motifs is 1. The minimum atomic E-state index is 0.569. The first kappa shape index (κ1) is 12.5. The Morgan fingerprint density at radius 1 is 1.05 bits per heavy atom. The molecule has 0 amide bonds. The van der Waals surface area contributed by atoms with E-state index in [1.165, 1.54) is 0 Å². The van der Waals surface area contributed by atoms with Crippen LogP contribution < -0.4 is 0 Å². The largest absolute Gasteiger partial charge is 0.396 e. The number of benzene rings is 2. The molecule has 0 atom stereocenters. The molecule has 3 aromatic rings. The second-order valence-corrected chi connectivity index (χ2v) is 4.48. The molecule has 0 spiro atoms. The van der Waals surface area contributed by atoms with Crippen LogP contribution in [0, 0.1) is 0 Å². The van der Waals surface area contributed by atoms with Crippen molar-refractivity contribution in [2.75, 3.05) is 6.61 Å². The lowest BCUT2D eigenvalue weighted by atomic mass is 10.1. The van der Waals surface area contributed by atoms with E-state index in [0.717, 1.165) is 27.7 Å². The molecule has 1 heterocycles. The quantitative estimate of drug-likeness (QED) is 0.556. The second-order valence-electron chi connectivity index (χ2n) is 4.48. The van der Waals surface area contributed by atoms with Crippen LogP contribution in [0.3, 0.4) is 0 Å². The van der Waals surface area contributed by atoms with Gasteiger partial charge in [0.05, 0.1) is 11.9 Å².